The molecule has 304 valence electrons. The molecule has 0 amide bonds. The number of esters is 1. The number of fused-ring (bicyclic) bond motifs is 10. The van der Waals surface area contributed by atoms with Crippen LogP contribution in [0.2, 0.25) is 0 Å². The molecule has 0 aromatic carbocycles. The van der Waals surface area contributed by atoms with Crippen molar-refractivity contribution in [1.29, 1.82) is 0 Å². The lowest BCUT2D eigenvalue weighted by Crippen LogP contribution is -2.62. The van der Waals surface area contributed by atoms with E-state index in [0.717, 1.165) is 56.9 Å². The molecule has 0 bridgehead atoms. The molecule has 0 aromatic heterocycles. The molecule has 0 saturated heterocycles. The van der Waals surface area contributed by atoms with Crippen LogP contribution in [0, 0.1) is 57.2 Å². The molecule has 55 heavy (non-hydrogen) atoms. The fourth-order valence-electron chi connectivity index (χ4n) is 14.7. The number of aliphatic hydroxyl groups is 5. The van der Waals surface area contributed by atoms with Crippen molar-refractivity contribution in [2.45, 2.75) is 148 Å². The molecule has 6 saturated carbocycles. The summed E-state index contributed by atoms with van der Waals surface area (Å²) < 4.78 is 4.89. The zero-order valence-corrected chi connectivity index (χ0v) is 33.3. The lowest BCUT2D eigenvalue weighted by Gasteiger charge is -2.60. The highest BCUT2D eigenvalue weighted by molar-refractivity contribution is 5.93. The highest BCUT2D eigenvalue weighted by Crippen LogP contribution is 2.69. The number of aliphatic hydroxyl groups excluding tert-OH is 3. The second-order valence-electron chi connectivity index (χ2n) is 19.7. The van der Waals surface area contributed by atoms with E-state index in [4.69, 9.17) is 4.74 Å². The van der Waals surface area contributed by atoms with E-state index >= 15 is 0 Å². The maximum absolute atomic E-state index is 12.9. The second kappa shape index (κ2) is 13.8. The van der Waals surface area contributed by atoms with Gasteiger partial charge in [0.2, 0.25) is 5.78 Å². The van der Waals surface area contributed by atoms with E-state index in [2.05, 4.69) is 13.8 Å². The highest BCUT2D eigenvalue weighted by atomic mass is 16.5. The Labute approximate surface area is 324 Å². The fourth-order valence-corrected chi connectivity index (χ4v) is 14.7. The molecule has 5 N–H and O–H groups in total. The minimum atomic E-state index is -1.58. The molecular formula is C44H62O11. The number of rotatable bonds is 5. The van der Waals surface area contributed by atoms with E-state index in [-0.39, 0.29) is 57.9 Å². The van der Waals surface area contributed by atoms with Gasteiger partial charge in [0.1, 0.15) is 17.8 Å². The van der Waals surface area contributed by atoms with Crippen LogP contribution in [0.5, 0.6) is 0 Å². The van der Waals surface area contributed by atoms with Crippen LogP contribution in [-0.2, 0) is 28.7 Å². The van der Waals surface area contributed by atoms with Crippen LogP contribution < -0.4 is 0 Å². The first-order valence-corrected chi connectivity index (χ1v) is 20.8. The SMILES string of the molecule is CC(=O)OCC(=O)[C@@]1(O)CC[C@H]2[C@@H]3CCC4=CC(=O)CC[C@]4(C)[C@H]3[C@@H](O)C[C@@]21C.C[C@]12CCC(=O)C=C1CC[C@@H]1[C@@H]2[C@@H](O)C[C@@]2(C)[C@H]1CC[C@]2(O)C(=O)CO. The van der Waals surface area contributed by atoms with Gasteiger partial charge < -0.3 is 30.3 Å². The van der Waals surface area contributed by atoms with Crippen LogP contribution in [0.15, 0.2) is 23.3 Å². The second-order valence-corrected chi connectivity index (χ2v) is 19.7. The zero-order valence-electron chi connectivity index (χ0n) is 33.3. The van der Waals surface area contributed by atoms with E-state index in [0.29, 0.717) is 38.5 Å². The first kappa shape index (κ1) is 40.6. The summed E-state index contributed by atoms with van der Waals surface area (Å²) in [6.45, 7) is 8.38. The topological polar surface area (TPSA) is 196 Å². The van der Waals surface area contributed by atoms with E-state index in [1.54, 1.807) is 12.2 Å². The summed E-state index contributed by atoms with van der Waals surface area (Å²) in [4.78, 5) is 60.2. The maximum atomic E-state index is 12.9. The molecule has 8 rings (SSSR count). The largest absolute Gasteiger partial charge is 0.458 e. The van der Waals surface area contributed by atoms with Crippen molar-refractivity contribution in [3.8, 4) is 0 Å². The van der Waals surface area contributed by atoms with Gasteiger partial charge in [0, 0.05) is 30.6 Å². The third-order valence-corrected chi connectivity index (χ3v) is 17.6. The molecule has 11 heteroatoms. The minimum Gasteiger partial charge on any atom is -0.458 e. The van der Waals surface area contributed by atoms with Crippen molar-refractivity contribution in [3.05, 3.63) is 23.3 Å². The van der Waals surface area contributed by atoms with Gasteiger partial charge in [0.15, 0.2) is 24.0 Å². The summed E-state index contributed by atoms with van der Waals surface area (Å²) in [6.07, 6.45) is 11.3. The maximum Gasteiger partial charge on any atom is 0.303 e. The Kier molecular flexibility index (Phi) is 10.2. The van der Waals surface area contributed by atoms with Crippen molar-refractivity contribution in [2.24, 2.45) is 57.2 Å². The van der Waals surface area contributed by atoms with Crippen molar-refractivity contribution in [3.63, 3.8) is 0 Å². The highest BCUT2D eigenvalue weighted by Gasteiger charge is 2.70. The Morgan fingerprint density at radius 2 is 1.09 bits per heavy atom. The average Bonchev–Trinajstić information content (AvgIpc) is 3.56. The molecule has 0 radical (unpaired) electrons. The fraction of sp³-hybridized carbons (Fsp3) is 0.795. The first-order valence-electron chi connectivity index (χ1n) is 20.8. The number of ether oxygens (including phenoxy) is 1. The Bertz CT molecular complexity index is 1720. The third kappa shape index (κ3) is 5.86. The summed E-state index contributed by atoms with van der Waals surface area (Å²) >= 11 is 0. The summed E-state index contributed by atoms with van der Waals surface area (Å²) in [6, 6.07) is 0. The van der Waals surface area contributed by atoms with Crippen molar-refractivity contribution >= 4 is 29.1 Å². The summed E-state index contributed by atoms with van der Waals surface area (Å²) in [5.74, 6) is -0.322. The number of hydrogen-bond acceptors (Lipinski definition) is 11. The smallest absolute Gasteiger partial charge is 0.303 e. The van der Waals surface area contributed by atoms with E-state index in [1.165, 1.54) is 12.5 Å². The van der Waals surface area contributed by atoms with Crippen LogP contribution in [0.3, 0.4) is 0 Å². The van der Waals surface area contributed by atoms with Crippen LogP contribution in [0.25, 0.3) is 0 Å². The Morgan fingerprint density at radius 1 is 0.673 bits per heavy atom. The molecule has 8 aliphatic carbocycles. The lowest BCUT2D eigenvalue weighted by molar-refractivity contribution is -0.184. The van der Waals surface area contributed by atoms with Crippen LogP contribution >= 0.6 is 0 Å². The van der Waals surface area contributed by atoms with Gasteiger partial charge in [-0.05, 0) is 136 Å². The van der Waals surface area contributed by atoms with Gasteiger partial charge in [0.05, 0.1) is 12.2 Å². The van der Waals surface area contributed by atoms with Crippen molar-refractivity contribution < 1.29 is 54.2 Å². The number of hydrogen-bond donors (Lipinski definition) is 5. The van der Waals surface area contributed by atoms with Gasteiger partial charge in [0.25, 0.3) is 0 Å². The average molecular weight is 767 g/mol. The van der Waals surface area contributed by atoms with Crippen LogP contribution in [0.1, 0.15) is 125 Å². The van der Waals surface area contributed by atoms with Gasteiger partial charge in [-0.25, -0.2) is 0 Å². The predicted molar refractivity (Wildman–Crippen MR) is 200 cm³/mol. The molecule has 8 aliphatic rings. The Hall–Kier alpha value is -2.57. The summed E-state index contributed by atoms with van der Waals surface area (Å²) in [7, 11) is 0. The van der Waals surface area contributed by atoms with E-state index < -0.39 is 65.0 Å². The number of carbonyl (C=O) groups is 5. The zero-order chi connectivity index (χ0) is 40.1. The molecule has 0 aliphatic heterocycles. The summed E-state index contributed by atoms with van der Waals surface area (Å²) in [5.41, 5.74) is -2.59. The quantitative estimate of drug-likeness (QED) is 0.253. The standard InChI is InChI=1S/C23H32O6.C21H30O5/c1-13(24)29-12-19(27)23(28)9-7-17-16-5-4-14-10-15(25)6-8-21(14,2)20(16)18(26)11-22(17,23)3;1-19-7-5-13(23)9-12(19)3-4-14-15-6-8-21(26,17(25)11-22)20(15,2)10-16(24)18(14)19/h10,16-18,20,26,28H,4-9,11-12H2,1-3H3;9,14-16,18,22,24,26H,3-8,10-11H2,1-2H3/t16-,17-,18-,20+,21-,22-,23-;14-,15-,16-,18+,19-,20-,21-/m00/s1. The Morgan fingerprint density at radius 3 is 1.49 bits per heavy atom. The molecular weight excluding hydrogens is 704 g/mol. The lowest BCUT2D eigenvalue weighted by atomic mass is 9.45. The Balaban J connectivity index is 0.000000170. The number of carbonyl (C=O) groups excluding carboxylic acids is 5. The molecule has 6 fully saturated rings. The molecule has 14 atom stereocenters. The van der Waals surface area contributed by atoms with E-state index in [9.17, 15) is 49.5 Å². The summed E-state index contributed by atoms with van der Waals surface area (Å²) in [5, 5.41) is 54.5. The molecule has 11 nitrogen and oxygen atoms in total. The molecule has 0 unspecified atom stereocenters. The van der Waals surface area contributed by atoms with Crippen LogP contribution in [0.4, 0.5) is 0 Å². The number of Topliss-reactive ketones (excluding diaryl/α,β-unsaturated/α-hetero) is 2. The number of allylic oxidation sites excluding steroid dienone is 2. The van der Waals surface area contributed by atoms with Crippen molar-refractivity contribution in [1.82, 2.24) is 0 Å². The normalized spacial score (nSPS) is 48.3. The van der Waals surface area contributed by atoms with Gasteiger partial charge in [-0.3, -0.25) is 24.0 Å². The monoisotopic (exact) mass is 766 g/mol. The molecule has 0 heterocycles. The van der Waals surface area contributed by atoms with Gasteiger partial charge in [-0.15, -0.1) is 0 Å². The van der Waals surface area contributed by atoms with E-state index in [1.807, 2.05) is 13.8 Å². The first-order chi connectivity index (χ1) is 25.7. The predicted octanol–water partition coefficient (Wildman–Crippen LogP) is 4.13. The van der Waals surface area contributed by atoms with Gasteiger partial charge >= 0.3 is 5.97 Å². The minimum absolute atomic E-state index is 0.0413. The molecule has 0 aromatic rings. The van der Waals surface area contributed by atoms with Crippen molar-refractivity contribution in [2.75, 3.05) is 13.2 Å². The van der Waals surface area contributed by atoms with Crippen LogP contribution in [-0.4, -0.2) is 91.3 Å². The number of ketones is 4. The van der Waals surface area contributed by atoms with Gasteiger partial charge in [-0.1, -0.05) is 38.8 Å². The third-order valence-electron chi connectivity index (χ3n) is 17.6. The molecule has 0 spiro atoms. The van der Waals surface area contributed by atoms with Gasteiger partial charge in [-0.2, -0.15) is 0 Å².